The van der Waals surface area contributed by atoms with E-state index in [0.717, 1.165) is 68.6 Å². The van der Waals surface area contributed by atoms with E-state index in [4.69, 9.17) is 0 Å². The normalized spacial score (nSPS) is 17.2. The van der Waals surface area contributed by atoms with E-state index >= 15 is 0 Å². The maximum Gasteiger partial charge on any atom is 0.253 e. The third-order valence-corrected chi connectivity index (χ3v) is 6.75. The first-order valence-electron chi connectivity index (χ1n) is 12.0. The molecule has 174 valence electrons. The van der Waals surface area contributed by atoms with Crippen molar-refractivity contribution in [2.45, 2.75) is 39.2 Å². The lowest BCUT2D eigenvalue weighted by molar-refractivity contribution is -0.122. The zero-order valence-electron chi connectivity index (χ0n) is 19.4. The van der Waals surface area contributed by atoms with Crippen LogP contribution in [0.25, 0.3) is 0 Å². The minimum atomic E-state index is -0.0180. The van der Waals surface area contributed by atoms with E-state index in [1.54, 1.807) is 0 Å². The Labute approximate surface area is 196 Å². The van der Waals surface area contributed by atoms with Crippen molar-refractivity contribution in [2.75, 3.05) is 32.7 Å². The van der Waals surface area contributed by atoms with Gasteiger partial charge in [-0.15, -0.1) is 0 Å². The highest BCUT2D eigenvalue weighted by molar-refractivity contribution is 5.98. The fraction of sp³-hybridized carbons (Fsp3) is 0.444. The Bertz CT molecular complexity index is 971. The highest BCUT2D eigenvalue weighted by Crippen LogP contribution is 2.22. The molecule has 2 fully saturated rings. The quantitative estimate of drug-likeness (QED) is 0.660. The number of nitrogens with zero attached hydrogens (tertiary/aromatic N) is 2. The van der Waals surface area contributed by atoms with Crippen molar-refractivity contribution in [1.82, 2.24) is 15.1 Å². The second-order valence-corrected chi connectivity index (χ2v) is 9.25. The standard InChI is InChI=1S/C27H33N3O3/c1-20-4-8-22(9-5-20)26(32)23-12-16-29(17-13-23)19-25(31)28-18-21-6-10-24(11-7-21)27(33)30-14-2-3-15-30/h4-11,23H,2-3,12-19H2,1H3,(H,28,31). The number of ketones is 1. The number of piperidine rings is 1. The van der Waals surface area contributed by atoms with E-state index in [1.807, 2.05) is 60.4 Å². The first-order valence-corrected chi connectivity index (χ1v) is 12.0. The van der Waals surface area contributed by atoms with E-state index in [2.05, 4.69) is 10.2 Å². The van der Waals surface area contributed by atoms with Crippen molar-refractivity contribution in [1.29, 1.82) is 0 Å². The molecular formula is C27H33N3O3. The molecule has 0 saturated carbocycles. The van der Waals surface area contributed by atoms with E-state index in [-0.39, 0.29) is 23.5 Å². The molecular weight excluding hydrogens is 414 g/mol. The Morgan fingerprint density at radius 1 is 0.848 bits per heavy atom. The van der Waals surface area contributed by atoms with Crippen molar-refractivity contribution >= 4 is 17.6 Å². The van der Waals surface area contributed by atoms with Gasteiger partial charge in [-0.2, -0.15) is 0 Å². The average Bonchev–Trinajstić information content (AvgIpc) is 3.38. The number of benzene rings is 2. The van der Waals surface area contributed by atoms with Gasteiger partial charge in [-0.05, 0) is 63.4 Å². The Kier molecular flexibility index (Phi) is 7.55. The van der Waals surface area contributed by atoms with E-state index in [9.17, 15) is 14.4 Å². The Hall–Kier alpha value is -2.99. The zero-order valence-corrected chi connectivity index (χ0v) is 19.4. The summed E-state index contributed by atoms with van der Waals surface area (Å²) in [5, 5.41) is 2.97. The van der Waals surface area contributed by atoms with Crippen molar-refractivity contribution in [3.05, 3.63) is 70.8 Å². The van der Waals surface area contributed by atoms with Gasteiger partial charge in [0.1, 0.15) is 0 Å². The van der Waals surface area contributed by atoms with Crippen molar-refractivity contribution in [2.24, 2.45) is 5.92 Å². The first kappa shape index (κ1) is 23.2. The fourth-order valence-corrected chi connectivity index (χ4v) is 4.63. The molecule has 2 aromatic carbocycles. The predicted molar refractivity (Wildman–Crippen MR) is 128 cm³/mol. The van der Waals surface area contributed by atoms with Gasteiger partial charge in [-0.25, -0.2) is 0 Å². The molecule has 33 heavy (non-hydrogen) atoms. The minimum absolute atomic E-state index is 0.0180. The zero-order chi connectivity index (χ0) is 23.2. The van der Waals surface area contributed by atoms with Gasteiger partial charge in [0.25, 0.3) is 5.91 Å². The van der Waals surface area contributed by atoms with Gasteiger partial charge < -0.3 is 10.2 Å². The van der Waals surface area contributed by atoms with Gasteiger partial charge >= 0.3 is 0 Å². The number of carbonyl (C=O) groups excluding carboxylic acids is 3. The Morgan fingerprint density at radius 3 is 2.09 bits per heavy atom. The predicted octanol–water partition coefficient (Wildman–Crippen LogP) is 3.44. The molecule has 2 aromatic rings. The summed E-state index contributed by atoms with van der Waals surface area (Å²) in [6, 6.07) is 15.3. The lowest BCUT2D eigenvalue weighted by Crippen LogP contribution is -2.42. The van der Waals surface area contributed by atoms with Crippen LogP contribution in [0.2, 0.25) is 0 Å². The molecule has 2 saturated heterocycles. The van der Waals surface area contributed by atoms with Gasteiger partial charge in [-0.1, -0.05) is 42.0 Å². The SMILES string of the molecule is Cc1ccc(C(=O)C2CCN(CC(=O)NCc3ccc(C(=O)N4CCCC4)cc3)CC2)cc1. The molecule has 0 bridgehead atoms. The highest BCUT2D eigenvalue weighted by Gasteiger charge is 2.26. The van der Waals surface area contributed by atoms with E-state index in [0.29, 0.717) is 18.7 Å². The summed E-state index contributed by atoms with van der Waals surface area (Å²) in [5.41, 5.74) is 3.61. The number of carbonyl (C=O) groups is 3. The van der Waals surface area contributed by atoms with E-state index < -0.39 is 0 Å². The summed E-state index contributed by atoms with van der Waals surface area (Å²) in [4.78, 5) is 41.6. The summed E-state index contributed by atoms with van der Waals surface area (Å²) < 4.78 is 0. The van der Waals surface area contributed by atoms with Crippen LogP contribution >= 0.6 is 0 Å². The van der Waals surface area contributed by atoms with Crippen LogP contribution in [0.15, 0.2) is 48.5 Å². The number of hydrogen-bond donors (Lipinski definition) is 1. The number of rotatable bonds is 7. The summed E-state index contributed by atoms with van der Waals surface area (Å²) in [7, 11) is 0. The van der Waals surface area contributed by atoms with Gasteiger partial charge in [0, 0.05) is 36.7 Å². The molecule has 2 heterocycles. The number of aryl methyl sites for hydroxylation is 1. The van der Waals surface area contributed by atoms with Crippen LogP contribution in [0.4, 0.5) is 0 Å². The molecule has 0 aliphatic carbocycles. The third-order valence-electron chi connectivity index (χ3n) is 6.75. The van der Waals surface area contributed by atoms with Crippen molar-refractivity contribution in [3.63, 3.8) is 0 Å². The summed E-state index contributed by atoms with van der Waals surface area (Å²) in [5.74, 6) is 0.322. The van der Waals surface area contributed by atoms with Gasteiger partial charge in [0.05, 0.1) is 6.54 Å². The number of amides is 2. The number of hydrogen-bond acceptors (Lipinski definition) is 4. The third kappa shape index (κ3) is 6.08. The topological polar surface area (TPSA) is 69.7 Å². The molecule has 6 heteroatoms. The second-order valence-electron chi connectivity index (χ2n) is 9.25. The summed E-state index contributed by atoms with van der Waals surface area (Å²) >= 11 is 0. The van der Waals surface area contributed by atoms with Crippen molar-refractivity contribution < 1.29 is 14.4 Å². The van der Waals surface area contributed by atoms with Crippen LogP contribution in [0.5, 0.6) is 0 Å². The Morgan fingerprint density at radius 2 is 1.45 bits per heavy atom. The van der Waals surface area contributed by atoms with Crippen LogP contribution in [0.3, 0.4) is 0 Å². The highest BCUT2D eigenvalue weighted by atomic mass is 16.2. The lowest BCUT2D eigenvalue weighted by atomic mass is 9.88. The van der Waals surface area contributed by atoms with Gasteiger partial charge in [0.2, 0.25) is 5.91 Å². The molecule has 2 amide bonds. The maximum atomic E-state index is 12.7. The molecule has 2 aliphatic heterocycles. The molecule has 4 rings (SSSR count). The fourth-order valence-electron chi connectivity index (χ4n) is 4.63. The molecule has 0 atom stereocenters. The van der Waals surface area contributed by atoms with E-state index in [1.165, 1.54) is 0 Å². The van der Waals surface area contributed by atoms with Crippen molar-refractivity contribution in [3.8, 4) is 0 Å². The molecule has 0 aromatic heterocycles. The lowest BCUT2D eigenvalue weighted by Gasteiger charge is -2.30. The van der Waals surface area contributed by atoms with Gasteiger partial charge in [0.15, 0.2) is 5.78 Å². The number of Topliss-reactive ketones (excluding diaryl/α,β-unsaturated/α-hetero) is 1. The smallest absolute Gasteiger partial charge is 0.253 e. The first-order chi connectivity index (χ1) is 16.0. The van der Waals surface area contributed by atoms with Crippen LogP contribution in [0.1, 0.15) is 57.5 Å². The molecule has 0 spiro atoms. The molecule has 0 radical (unpaired) electrons. The summed E-state index contributed by atoms with van der Waals surface area (Å²) in [6.07, 6.45) is 3.73. The minimum Gasteiger partial charge on any atom is -0.351 e. The van der Waals surface area contributed by atoms with Crippen LogP contribution < -0.4 is 5.32 Å². The maximum absolute atomic E-state index is 12.7. The monoisotopic (exact) mass is 447 g/mol. The van der Waals surface area contributed by atoms with Crippen LogP contribution in [0, 0.1) is 12.8 Å². The molecule has 6 nitrogen and oxygen atoms in total. The van der Waals surface area contributed by atoms with Crippen LogP contribution in [-0.2, 0) is 11.3 Å². The molecule has 0 unspecified atom stereocenters. The number of nitrogens with one attached hydrogen (secondary N) is 1. The Balaban J connectivity index is 1.19. The largest absolute Gasteiger partial charge is 0.351 e. The van der Waals surface area contributed by atoms with Crippen LogP contribution in [-0.4, -0.2) is 60.1 Å². The van der Waals surface area contributed by atoms with Gasteiger partial charge in [-0.3, -0.25) is 19.3 Å². The average molecular weight is 448 g/mol. The molecule has 2 aliphatic rings. The number of likely N-dealkylation sites (tertiary alicyclic amines) is 2. The summed E-state index contributed by atoms with van der Waals surface area (Å²) in [6.45, 7) is 5.99. The molecule has 1 N–H and O–H groups in total. The second kappa shape index (κ2) is 10.8.